The first-order valence-corrected chi connectivity index (χ1v) is 6.44. The molecule has 0 aliphatic rings. The minimum atomic E-state index is -1.63. The summed E-state index contributed by atoms with van der Waals surface area (Å²) in [5, 5.41) is 9.96. The number of benzene rings is 2. The van der Waals surface area contributed by atoms with Crippen molar-refractivity contribution in [1.29, 1.82) is 0 Å². The highest BCUT2D eigenvalue weighted by atomic mass is 19.1. The van der Waals surface area contributed by atoms with E-state index in [1.54, 1.807) is 18.2 Å². The number of carbonyl (C=O) groups excluding carboxylic acids is 1. The maximum Gasteiger partial charge on any atom is 0.248 e. The van der Waals surface area contributed by atoms with Crippen molar-refractivity contribution in [2.75, 3.05) is 0 Å². The zero-order chi connectivity index (χ0) is 15.4. The predicted octanol–water partition coefficient (Wildman–Crippen LogP) is 2.54. The standard InChI is InChI=1S/C16H15F2NO2/c17-12-7-5-10(6-8-12)15(20)14(18)9-11-3-1-2-4-13(11)16(19)21/h1-8,14-15,20H,9H2,(H2,19,21)/t14-,15+/m0/s1. The van der Waals surface area contributed by atoms with Crippen LogP contribution < -0.4 is 5.73 Å². The van der Waals surface area contributed by atoms with E-state index < -0.39 is 24.0 Å². The minimum Gasteiger partial charge on any atom is -0.385 e. The summed E-state index contributed by atoms with van der Waals surface area (Å²) in [5.74, 6) is -1.10. The van der Waals surface area contributed by atoms with Gasteiger partial charge < -0.3 is 10.8 Å². The average Bonchev–Trinajstić information content (AvgIpc) is 2.47. The van der Waals surface area contributed by atoms with Crippen molar-refractivity contribution in [2.45, 2.75) is 18.7 Å². The molecule has 0 saturated heterocycles. The summed E-state index contributed by atoms with van der Waals surface area (Å²) >= 11 is 0. The number of nitrogens with two attached hydrogens (primary N) is 1. The smallest absolute Gasteiger partial charge is 0.248 e. The average molecular weight is 291 g/mol. The van der Waals surface area contributed by atoms with Gasteiger partial charge in [-0.3, -0.25) is 4.79 Å². The Hall–Kier alpha value is -2.27. The van der Waals surface area contributed by atoms with Crippen molar-refractivity contribution in [3.8, 4) is 0 Å². The Kier molecular flexibility index (Phi) is 4.65. The van der Waals surface area contributed by atoms with Crippen LogP contribution in [0, 0.1) is 5.82 Å². The highest BCUT2D eigenvalue weighted by Crippen LogP contribution is 2.24. The molecule has 0 heterocycles. The number of rotatable bonds is 5. The van der Waals surface area contributed by atoms with Gasteiger partial charge in [-0.25, -0.2) is 8.78 Å². The molecular formula is C16H15F2NO2. The van der Waals surface area contributed by atoms with Crippen molar-refractivity contribution in [3.05, 3.63) is 71.0 Å². The Morgan fingerprint density at radius 1 is 1.14 bits per heavy atom. The lowest BCUT2D eigenvalue weighted by Gasteiger charge is -2.17. The Labute approximate surface area is 121 Å². The van der Waals surface area contributed by atoms with E-state index in [4.69, 9.17) is 5.73 Å². The van der Waals surface area contributed by atoms with Crippen molar-refractivity contribution >= 4 is 5.91 Å². The van der Waals surface area contributed by atoms with Gasteiger partial charge in [-0.05, 0) is 29.3 Å². The van der Waals surface area contributed by atoms with Crippen LogP contribution in [0.5, 0.6) is 0 Å². The quantitative estimate of drug-likeness (QED) is 0.889. The normalized spacial score (nSPS) is 13.7. The first-order chi connectivity index (χ1) is 9.99. The van der Waals surface area contributed by atoms with E-state index in [1.165, 1.54) is 18.2 Å². The Bertz CT molecular complexity index is 628. The van der Waals surface area contributed by atoms with Crippen LogP contribution in [0.15, 0.2) is 48.5 Å². The fraction of sp³-hybridized carbons (Fsp3) is 0.188. The third-order valence-electron chi connectivity index (χ3n) is 3.25. The van der Waals surface area contributed by atoms with E-state index in [1.807, 2.05) is 0 Å². The van der Waals surface area contributed by atoms with Crippen molar-refractivity contribution in [1.82, 2.24) is 0 Å². The zero-order valence-electron chi connectivity index (χ0n) is 11.2. The molecule has 0 aliphatic carbocycles. The molecule has 2 aromatic rings. The summed E-state index contributed by atoms with van der Waals surface area (Å²) in [5.41, 5.74) is 6.16. The molecule has 2 aromatic carbocycles. The van der Waals surface area contributed by atoms with Gasteiger partial charge in [-0.1, -0.05) is 30.3 Å². The molecule has 0 bridgehead atoms. The second-order valence-corrected chi connectivity index (χ2v) is 4.74. The minimum absolute atomic E-state index is 0.155. The summed E-state index contributed by atoms with van der Waals surface area (Å²) in [4.78, 5) is 11.3. The summed E-state index contributed by atoms with van der Waals surface area (Å²) in [6.45, 7) is 0. The van der Waals surface area contributed by atoms with E-state index in [-0.39, 0.29) is 17.5 Å². The number of aliphatic hydroxyl groups excluding tert-OH is 1. The second-order valence-electron chi connectivity index (χ2n) is 4.74. The van der Waals surface area contributed by atoms with E-state index in [0.717, 1.165) is 12.1 Å². The molecule has 0 aliphatic heterocycles. The summed E-state index contributed by atoms with van der Waals surface area (Å²) in [6.07, 6.45) is -3.18. The Balaban J connectivity index is 2.16. The molecule has 2 rings (SSSR count). The lowest BCUT2D eigenvalue weighted by Crippen LogP contribution is -2.20. The highest BCUT2D eigenvalue weighted by Gasteiger charge is 2.22. The first-order valence-electron chi connectivity index (χ1n) is 6.44. The van der Waals surface area contributed by atoms with Crippen LogP contribution in [0.25, 0.3) is 0 Å². The maximum absolute atomic E-state index is 14.2. The third kappa shape index (κ3) is 3.64. The molecule has 0 aromatic heterocycles. The molecule has 0 fully saturated rings. The van der Waals surface area contributed by atoms with Crippen LogP contribution >= 0.6 is 0 Å². The van der Waals surface area contributed by atoms with Gasteiger partial charge in [0.15, 0.2) is 0 Å². The number of aliphatic hydroxyl groups is 1. The van der Waals surface area contributed by atoms with E-state index in [2.05, 4.69) is 0 Å². The summed E-state index contributed by atoms with van der Waals surface area (Å²) < 4.78 is 27.0. The molecule has 110 valence electrons. The van der Waals surface area contributed by atoms with Crippen LogP contribution in [-0.4, -0.2) is 17.2 Å². The van der Waals surface area contributed by atoms with E-state index in [0.29, 0.717) is 5.56 Å². The molecule has 21 heavy (non-hydrogen) atoms. The number of carbonyl (C=O) groups is 1. The van der Waals surface area contributed by atoms with E-state index >= 15 is 0 Å². The summed E-state index contributed by atoms with van der Waals surface area (Å²) in [6, 6.07) is 11.4. The van der Waals surface area contributed by atoms with Gasteiger partial charge in [-0.15, -0.1) is 0 Å². The Morgan fingerprint density at radius 2 is 1.76 bits per heavy atom. The van der Waals surface area contributed by atoms with Gasteiger partial charge in [0.05, 0.1) is 0 Å². The van der Waals surface area contributed by atoms with Crippen LogP contribution in [0.4, 0.5) is 8.78 Å². The molecule has 1 amide bonds. The first kappa shape index (κ1) is 15.1. The lowest BCUT2D eigenvalue weighted by atomic mass is 9.96. The van der Waals surface area contributed by atoms with Gasteiger partial charge in [0.2, 0.25) is 5.91 Å². The molecule has 5 heteroatoms. The predicted molar refractivity (Wildman–Crippen MR) is 74.9 cm³/mol. The molecule has 0 saturated carbocycles. The van der Waals surface area contributed by atoms with Crippen LogP contribution in [-0.2, 0) is 6.42 Å². The SMILES string of the molecule is NC(=O)c1ccccc1C[C@H](F)[C@H](O)c1ccc(F)cc1. The fourth-order valence-corrected chi connectivity index (χ4v) is 2.13. The van der Waals surface area contributed by atoms with Crippen LogP contribution in [0.1, 0.15) is 27.6 Å². The van der Waals surface area contributed by atoms with Crippen LogP contribution in [0.2, 0.25) is 0 Å². The van der Waals surface area contributed by atoms with Gasteiger partial charge in [0.1, 0.15) is 18.1 Å². The fourth-order valence-electron chi connectivity index (χ4n) is 2.13. The third-order valence-corrected chi connectivity index (χ3v) is 3.25. The monoisotopic (exact) mass is 291 g/mol. The molecule has 0 spiro atoms. The van der Waals surface area contributed by atoms with Crippen molar-refractivity contribution < 1.29 is 18.7 Å². The maximum atomic E-state index is 14.2. The van der Waals surface area contributed by atoms with Crippen molar-refractivity contribution in [3.63, 3.8) is 0 Å². The lowest BCUT2D eigenvalue weighted by molar-refractivity contribution is 0.0773. The van der Waals surface area contributed by atoms with Crippen LogP contribution in [0.3, 0.4) is 0 Å². The van der Waals surface area contributed by atoms with Gasteiger partial charge in [0, 0.05) is 12.0 Å². The highest BCUT2D eigenvalue weighted by molar-refractivity contribution is 5.94. The van der Waals surface area contributed by atoms with E-state index in [9.17, 15) is 18.7 Å². The number of primary amides is 1. The van der Waals surface area contributed by atoms with Crippen molar-refractivity contribution in [2.24, 2.45) is 5.73 Å². The number of amides is 1. The summed E-state index contributed by atoms with van der Waals surface area (Å²) in [7, 11) is 0. The second kappa shape index (κ2) is 6.45. The topological polar surface area (TPSA) is 63.3 Å². The van der Waals surface area contributed by atoms with Gasteiger partial charge >= 0.3 is 0 Å². The van der Waals surface area contributed by atoms with Gasteiger partial charge in [0.25, 0.3) is 0 Å². The molecule has 2 atom stereocenters. The largest absolute Gasteiger partial charge is 0.385 e. The molecule has 3 nitrogen and oxygen atoms in total. The number of alkyl halides is 1. The molecule has 3 N–H and O–H groups in total. The molecule has 0 radical (unpaired) electrons. The number of hydrogen-bond acceptors (Lipinski definition) is 2. The molecular weight excluding hydrogens is 276 g/mol. The van der Waals surface area contributed by atoms with Gasteiger partial charge in [-0.2, -0.15) is 0 Å². The number of halogens is 2. The Morgan fingerprint density at radius 3 is 2.38 bits per heavy atom. The zero-order valence-corrected chi connectivity index (χ0v) is 11.2. The number of hydrogen-bond donors (Lipinski definition) is 2. The molecule has 0 unspecified atom stereocenters.